The molecule has 0 aromatic carbocycles. The summed E-state index contributed by atoms with van der Waals surface area (Å²) in [5.74, 6) is 0.237. The van der Waals surface area contributed by atoms with Crippen molar-refractivity contribution in [3.8, 4) is 0 Å². The van der Waals surface area contributed by atoms with Crippen LogP contribution in [0.5, 0.6) is 0 Å². The summed E-state index contributed by atoms with van der Waals surface area (Å²) in [4.78, 5) is 13.6. The highest BCUT2D eigenvalue weighted by Gasteiger charge is 2.37. The molecule has 0 radical (unpaired) electrons. The molecule has 1 N–H and O–H groups in total. The second-order valence-electron chi connectivity index (χ2n) is 3.47. The molecule has 0 spiro atoms. The topological polar surface area (TPSA) is 32.3 Å². The van der Waals surface area contributed by atoms with Crippen LogP contribution in [0.15, 0.2) is 0 Å². The molecule has 3 nitrogen and oxygen atoms in total. The lowest BCUT2D eigenvalue weighted by Crippen LogP contribution is -2.53. The number of fused-ring (bicyclic) bond motifs is 1. The minimum atomic E-state index is 0.193. The molecule has 1 amide bonds. The fourth-order valence-corrected chi connectivity index (χ4v) is 2.12. The molecule has 2 aliphatic heterocycles. The zero-order valence-electron chi connectivity index (χ0n) is 6.84. The minimum Gasteiger partial charge on any atom is -0.353 e. The Balaban J connectivity index is 2.13. The number of carbonyl (C=O) groups is 1. The average molecular weight is 154 g/mol. The van der Waals surface area contributed by atoms with E-state index in [9.17, 15) is 4.79 Å². The Kier molecular flexibility index (Phi) is 1.60. The summed E-state index contributed by atoms with van der Waals surface area (Å²) < 4.78 is 0. The van der Waals surface area contributed by atoms with Gasteiger partial charge in [-0.25, -0.2) is 0 Å². The van der Waals surface area contributed by atoms with E-state index in [0.29, 0.717) is 6.04 Å². The van der Waals surface area contributed by atoms with Crippen LogP contribution in [0.3, 0.4) is 0 Å². The fourth-order valence-electron chi connectivity index (χ4n) is 2.12. The van der Waals surface area contributed by atoms with Gasteiger partial charge in [-0.1, -0.05) is 0 Å². The molecule has 2 heterocycles. The van der Waals surface area contributed by atoms with E-state index in [1.807, 2.05) is 0 Å². The SMILES string of the molecule is CC1CCC2C(=O)NCCN12. The molecule has 2 rings (SSSR count). The van der Waals surface area contributed by atoms with Gasteiger partial charge in [0.1, 0.15) is 0 Å². The summed E-state index contributed by atoms with van der Waals surface area (Å²) in [6.45, 7) is 4.08. The van der Waals surface area contributed by atoms with Crippen molar-refractivity contribution in [1.29, 1.82) is 0 Å². The third-order valence-corrected chi connectivity index (χ3v) is 2.80. The van der Waals surface area contributed by atoms with Crippen LogP contribution in [0, 0.1) is 0 Å². The molecule has 3 heteroatoms. The second-order valence-corrected chi connectivity index (χ2v) is 3.47. The van der Waals surface area contributed by atoms with Crippen LogP contribution < -0.4 is 5.32 Å². The molecular formula is C8H14N2O. The minimum absolute atomic E-state index is 0.193. The lowest BCUT2D eigenvalue weighted by Gasteiger charge is -2.31. The molecule has 0 aromatic rings. The van der Waals surface area contributed by atoms with E-state index in [4.69, 9.17) is 0 Å². The first-order valence-electron chi connectivity index (χ1n) is 4.32. The molecule has 2 saturated heterocycles. The van der Waals surface area contributed by atoms with Crippen LogP contribution in [-0.4, -0.2) is 36.0 Å². The third-order valence-electron chi connectivity index (χ3n) is 2.80. The van der Waals surface area contributed by atoms with Gasteiger partial charge in [0, 0.05) is 19.1 Å². The molecule has 0 aromatic heterocycles. The van der Waals surface area contributed by atoms with Crippen molar-refractivity contribution in [2.24, 2.45) is 0 Å². The monoisotopic (exact) mass is 154 g/mol. The quantitative estimate of drug-likeness (QED) is 0.531. The number of hydrogen-bond acceptors (Lipinski definition) is 2. The Morgan fingerprint density at radius 1 is 1.55 bits per heavy atom. The van der Waals surface area contributed by atoms with E-state index >= 15 is 0 Å². The average Bonchev–Trinajstić information content (AvgIpc) is 2.35. The van der Waals surface area contributed by atoms with E-state index in [1.165, 1.54) is 6.42 Å². The predicted octanol–water partition coefficient (Wildman–Crippen LogP) is -0.0309. The zero-order valence-corrected chi connectivity index (χ0v) is 6.84. The van der Waals surface area contributed by atoms with Crippen molar-refractivity contribution in [2.75, 3.05) is 13.1 Å². The fraction of sp³-hybridized carbons (Fsp3) is 0.875. The van der Waals surface area contributed by atoms with Crippen molar-refractivity contribution in [3.63, 3.8) is 0 Å². The second kappa shape index (κ2) is 2.48. The van der Waals surface area contributed by atoms with E-state index in [1.54, 1.807) is 0 Å². The van der Waals surface area contributed by atoms with Crippen molar-refractivity contribution in [2.45, 2.75) is 31.8 Å². The van der Waals surface area contributed by atoms with Gasteiger partial charge in [-0.3, -0.25) is 9.69 Å². The van der Waals surface area contributed by atoms with Crippen molar-refractivity contribution >= 4 is 5.91 Å². The summed E-state index contributed by atoms with van der Waals surface area (Å²) in [6, 6.07) is 0.810. The van der Waals surface area contributed by atoms with Crippen LogP contribution in [0.4, 0.5) is 0 Å². The van der Waals surface area contributed by atoms with Crippen LogP contribution in [0.2, 0.25) is 0 Å². The molecular weight excluding hydrogens is 140 g/mol. The summed E-state index contributed by atoms with van der Waals surface area (Å²) >= 11 is 0. The Morgan fingerprint density at radius 2 is 2.36 bits per heavy atom. The zero-order chi connectivity index (χ0) is 7.84. The van der Waals surface area contributed by atoms with Gasteiger partial charge in [0.15, 0.2) is 0 Å². The van der Waals surface area contributed by atoms with Gasteiger partial charge in [0.2, 0.25) is 5.91 Å². The van der Waals surface area contributed by atoms with Gasteiger partial charge in [-0.05, 0) is 19.8 Å². The van der Waals surface area contributed by atoms with E-state index in [-0.39, 0.29) is 11.9 Å². The van der Waals surface area contributed by atoms with Gasteiger partial charge in [-0.15, -0.1) is 0 Å². The first kappa shape index (κ1) is 7.10. The highest BCUT2D eigenvalue weighted by Crippen LogP contribution is 2.24. The molecule has 2 aliphatic rings. The summed E-state index contributed by atoms with van der Waals surface area (Å²) in [5, 5.41) is 2.89. The van der Waals surface area contributed by atoms with Crippen LogP contribution >= 0.6 is 0 Å². The molecule has 2 unspecified atom stereocenters. The Bertz CT molecular complexity index is 181. The van der Waals surface area contributed by atoms with E-state index < -0.39 is 0 Å². The first-order chi connectivity index (χ1) is 5.29. The van der Waals surface area contributed by atoms with Gasteiger partial charge in [0.25, 0.3) is 0 Å². The molecule has 0 bridgehead atoms. The molecule has 0 saturated carbocycles. The standard InChI is InChI=1S/C8H14N2O/c1-6-2-3-7-8(11)9-4-5-10(6)7/h6-7H,2-5H2,1H3,(H,9,11). The third kappa shape index (κ3) is 1.03. The molecule has 2 fully saturated rings. The largest absolute Gasteiger partial charge is 0.353 e. The number of carbonyl (C=O) groups excluding carboxylic acids is 1. The maximum absolute atomic E-state index is 11.3. The number of nitrogens with one attached hydrogen (secondary N) is 1. The van der Waals surface area contributed by atoms with E-state index in [2.05, 4.69) is 17.1 Å². The van der Waals surface area contributed by atoms with Gasteiger partial charge >= 0.3 is 0 Å². The van der Waals surface area contributed by atoms with Crippen molar-refractivity contribution in [3.05, 3.63) is 0 Å². The summed E-state index contributed by atoms with van der Waals surface area (Å²) in [6.07, 6.45) is 2.23. The number of hydrogen-bond donors (Lipinski definition) is 1. The molecule has 0 aliphatic carbocycles. The Labute approximate surface area is 66.8 Å². The number of piperazine rings is 1. The van der Waals surface area contributed by atoms with Crippen molar-refractivity contribution in [1.82, 2.24) is 10.2 Å². The highest BCUT2D eigenvalue weighted by molar-refractivity contribution is 5.82. The van der Waals surface area contributed by atoms with Gasteiger partial charge in [-0.2, -0.15) is 0 Å². The molecule has 11 heavy (non-hydrogen) atoms. The number of nitrogens with zero attached hydrogens (tertiary/aromatic N) is 1. The van der Waals surface area contributed by atoms with Crippen LogP contribution in [0.1, 0.15) is 19.8 Å². The number of amides is 1. The normalized spacial score (nSPS) is 38.5. The van der Waals surface area contributed by atoms with Gasteiger partial charge < -0.3 is 5.32 Å². The Hall–Kier alpha value is -0.570. The summed E-state index contributed by atoms with van der Waals surface area (Å²) in [5.41, 5.74) is 0. The first-order valence-corrected chi connectivity index (χ1v) is 4.32. The molecule has 62 valence electrons. The predicted molar refractivity (Wildman–Crippen MR) is 42.2 cm³/mol. The maximum Gasteiger partial charge on any atom is 0.237 e. The maximum atomic E-state index is 11.3. The van der Waals surface area contributed by atoms with Gasteiger partial charge in [0.05, 0.1) is 6.04 Å². The Morgan fingerprint density at radius 3 is 3.09 bits per heavy atom. The molecule has 2 atom stereocenters. The number of rotatable bonds is 0. The van der Waals surface area contributed by atoms with Crippen molar-refractivity contribution < 1.29 is 4.79 Å². The lowest BCUT2D eigenvalue weighted by molar-refractivity contribution is -0.128. The van der Waals surface area contributed by atoms with Crippen LogP contribution in [0.25, 0.3) is 0 Å². The lowest BCUT2D eigenvalue weighted by atomic mass is 10.2. The highest BCUT2D eigenvalue weighted by atomic mass is 16.2. The smallest absolute Gasteiger partial charge is 0.237 e. The van der Waals surface area contributed by atoms with Crippen LogP contribution in [-0.2, 0) is 4.79 Å². The summed E-state index contributed by atoms with van der Waals surface area (Å²) in [7, 11) is 0. The van der Waals surface area contributed by atoms with E-state index in [0.717, 1.165) is 19.5 Å².